The third kappa shape index (κ3) is 4.19. The number of methoxy groups -OCH3 is 1. The van der Waals surface area contributed by atoms with Crippen molar-refractivity contribution in [3.63, 3.8) is 0 Å². The van der Waals surface area contributed by atoms with Gasteiger partial charge >= 0.3 is 0 Å². The third-order valence-corrected chi connectivity index (χ3v) is 4.59. The van der Waals surface area contributed by atoms with Crippen LogP contribution in [-0.4, -0.2) is 17.6 Å². The molecule has 0 saturated carbocycles. The van der Waals surface area contributed by atoms with Gasteiger partial charge in [0.1, 0.15) is 23.2 Å². The maximum absolute atomic E-state index is 13.8. The first-order valence-corrected chi connectivity index (χ1v) is 8.95. The number of nitriles is 1. The first-order chi connectivity index (χ1) is 13.9. The summed E-state index contributed by atoms with van der Waals surface area (Å²) in [4.78, 5) is 12.5. The van der Waals surface area contributed by atoms with Gasteiger partial charge in [-0.3, -0.25) is 4.79 Å². The summed E-state index contributed by atoms with van der Waals surface area (Å²) in [6, 6.07) is 17.2. The summed E-state index contributed by atoms with van der Waals surface area (Å²) in [6.07, 6.45) is 1.51. The molecule has 6 heteroatoms. The molecule has 0 aliphatic carbocycles. The van der Waals surface area contributed by atoms with Gasteiger partial charge in [-0.2, -0.15) is 5.26 Å². The van der Waals surface area contributed by atoms with Crippen LogP contribution in [0.15, 0.2) is 60.2 Å². The number of carbonyl (C=O) groups excluding carboxylic acids is 1. The summed E-state index contributed by atoms with van der Waals surface area (Å²) in [5, 5.41) is 11.9. The lowest BCUT2D eigenvalue weighted by molar-refractivity contribution is -0.112. The average Bonchev–Trinajstić information content (AvgIpc) is 3.00. The molecule has 2 aromatic carbocycles. The molecule has 1 aromatic heterocycles. The highest BCUT2D eigenvalue weighted by atomic mass is 19.1. The lowest BCUT2D eigenvalue weighted by Crippen LogP contribution is -2.14. The van der Waals surface area contributed by atoms with Crippen LogP contribution in [0.25, 0.3) is 11.8 Å². The summed E-state index contributed by atoms with van der Waals surface area (Å²) in [7, 11) is 1.61. The number of rotatable bonds is 5. The Kier molecular flexibility index (Phi) is 5.79. The Hall–Kier alpha value is -3.85. The molecule has 1 amide bonds. The van der Waals surface area contributed by atoms with E-state index in [1.54, 1.807) is 13.2 Å². The highest BCUT2D eigenvalue weighted by Crippen LogP contribution is 2.24. The molecule has 5 nitrogen and oxygen atoms in total. The minimum Gasteiger partial charge on any atom is -0.497 e. The van der Waals surface area contributed by atoms with E-state index in [0.29, 0.717) is 0 Å². The fourth-order valence-corrected chi connectivity index (χ4v) is 3.12. The Labute approximate surface area is 168 Å². The van der Waals surface area contributed by atoms with Gasteiger partial charge < -0.3 is 14.6 Å². The second-order valence-corrected chi connectivity index (χ2v) is 6.46. The van der Waals surface area contributed by atoms with Crippen LogP contribution in [0.1, 0.15) is 17.0 Å². The molecule has 0 fully saturated rings. The zero-order valence-corrected chi connectivity index (χ0v) is 16.4. The molecule has 1 heterocycles. The monoisotopic (exact) mass is 389 g/mol. The summed E-state index contributed by atoms with van der Waals surface area (Å²) in [5.41, 5.74) is 3.42. The van der Waals surface area contributed by atoms with Crippen LogP contribution in [0.3, 0.4) is 0 Å². The van der Waals surface area contributed by atoms with Crippen LogP contribution in [0, 0.1) is 31.0 Å². The van der Waals surface area contributed by atoms with Crippen LogP contribution in [0.5, 0.6) is 5.75 Å². The number of nitrogens with zero attached hydrogens (tertiary/aromatic N) is 2. The topological polar surface area (TPSA) is 67.0 Å². The maximum Gasteiger partial charge on any atom is 0.266 e. The van der Waals surface area contributed by atoms with Crippen LogP contribution >= 0.6 is 0 Å². The van der Waals surface area contributed by atoms with Crippen molar-refractivity contribution < 1.29 is 13.9 Å². The number of carbonyl (C=O) groups is 1. The first kappa shape index (κ1) is 19.9. The van der Waals surface area contributed by atoms with Crippen molar-refractivity contribution in [1.82, 2.24) is 4.57 Å². The second-order valence-electron chi connectivity index (χ2n) is 6.46. The van der Waals surface area contributed by atoms with E-state index in [2.05, 4.69) is 5.32 Å². The number of nitrogens with one attached hydrogen (secondary N) is 1. The van der Waals surface area contributed by atoms with Crippen LogP contribution in [0.2, 0.25) is 0 Å². The van der Waals surface area contributed by atoms with Gasteiger partial charge in [0.2, 0.25) is 0 Å². The van der Waals surface area contributed by atoms with Gasteiger partial charge in [-0.25, -0.2) is 4.39 Å². The number of benzene rings is 2. The van der Waals surface area contributed by atoms with Gasteiger partial charge in [-0.1, -0.05) is 12.1 Å². The van der Waals surface area contributed by atoms with Gasteiger partial charge in [0, 0.05) is 17.1 Å². The molecule has 0 aliphatic heterocycles. The van der Waals surface area contributed by atoms with Crippen molar-refractivity contribution in [2.24, 2.45) is 0 Å². The largest absolute Gasteiger partial charge is 0.497 e. The number of ether oxygens (including phenoxy) is 1. The molecule has 3 rings (SSSR count). The van der Waals surface area contributed by atoms with E-state index in [1.165, 1.54) is 24.3 Å². The van der Waals surface area contributed by atoms with Crippen molar-refractivity contribution in [3.8, 4) is 17.5 Å². The predicted molar refractivity (Wildman–Crippen MR) is 110 cm³/mol. The minimum atomic E-state index is -0.660. The summed E-state index contributed by atoms with van der Waals surface area (Å²) < 4.78 is 21.0. The Morgan fingerprint density at radius 3 is 2.48 bits per heavy atom. The number of amides is 1. The molecule has 0 radical (unpaired) electrons. The van der Waals surface area contributed by atoms with Gasteiger partial charge in [-0.05, 0) is 68.0 Å². The Balaban J connectivity index is 1.93. The van der Waals surface area contributed by atoms with E-state index >= 15 is 0 Å². The SMILES string of the molecule is COc1ccc(-n2c(C)cc(/C=C(\C#N)C(=O)Nc3ccccc3F)c2C)cc1. The van der Waals surface area contributed by atoms with E-state index in [-0.39, 0.29) is 11.3 Å². The summed E-state index contributed by atoms with van der Waals surface area (Å²) in [6.45, 7) is 3.85. The first-order valence-electron chi connectivity index (χ1n) is 8.95. The number of para-hydroxylation sites is 1. The van der Waals surface area contributed by atoms with E-state index in [4.69, 9.17) is 4.74 Å². The van der Waals surface area contributed by atoms with Gasteiger partial charge in [-0.15, -0.1) is 0 Å². The second kappa shape index (κ2) is 8.44. The van der Waals surface area contributed by atoms with Gasteiger partial charge in [0.05, 0.1) is 12.8 Å². The van der Waals surface area contributed by atoms with Crippen LogP contribution in [0.4, 0.5) is 10.1 Å². The lowest BCUT2D eigenvalue weighted by Gasteiger charge is -2.10. The minimum absolute atomic E-state index is 0.0300. The molecule has 146 valence electrons. The zero-order chi connectivity index (χ0) is 21.0. The zero-order valence-electron chi connectivity index (χ0n) is 16.4. The highest BCUT2D eigenvalue weighted by Gasteiger charge is 2.15. The number of aromatic nitrogens is 1. The quantitative estimate of drug-likeness (QED) is 0.504. The highest BCUT2D eigenvalue weighted by molar-refractivity contribution is 6.09. The molecule has 0 spiro atoms. The third-order valence-electron chi connectivity index (χ3n) is 4.59. The van der Waals surface area contributed by atoms with Crippen molar-refractivity contribution >= 4 is 17.7 Å². The lowest BCUT2D eigenvalue weighted by atomic mass is 10.1. The maximum atomic E-state index is 13.8. The molecule has 1 N–H and O–H groups in total. The van der Waals surface area contributed by atoms with Gasteiger partial charge in [0.15, 0.2) is 0 Å². The Morgan fingerprint density at radius 1 is 1.17 bits per heavy atom. The predicted octanol–water partition coefficient (Wildman–Crippen LogP) is 4.79. The van der Waals surface area contributed by atoms with Crippen molar-refractivity contribution in [3.05, 3.63) is 82.9 Å². The molecule has 0 atom stereocenters. The van der Waals surface area contributed by atoms with E-state index in [1.807, 2.05) is 54.8 Å². The fourth-order valence-electron chi connectivity index (χ4n) is 3.12. The van der Waals surface area contributed by atoms with E-state index in [0.717, 1.165) is 28.4 Å². The molecular formula is C23H20FN3O2. The standard InChI is InChI=1S/C23H20FN3O2/c1-15-12-17(16(2)27(15)19-8-10-20(29-3)11-9-19)13-18(14-25)23(28)26-22-7-5-4-6-21(22)24/h4-13H,1-3H3,(H,26,28)/b18-13+. The number of anilines is 1. The smallest absolute Gasteiger partial charge is 0.266 e. The Morgan fingerprint density at radius 2 is 1.86 bits per heavy atom. The Bertz CT molecular complexity index is 1120. The van der Waals surface area contributed by atoms with Crippen LogP contribution < -0.4 is 10.1 Å². The number of hydrogen-bond acceptors (Lipinski definition) is 3. The molecular weight excluding hydrogens is 369 g/mol. The van der Waals surface area contributed by atoms with Crippen molar-refractivity contribution in [1.29, 1.82) is 5.26 Å². The van der Waals surface area contributed by atoms with Gasteiger partial charge in [0.25, 0.3) is 5.91 Å². The van der Waals surface area contributed by atoms with Crippen molar-refractivity contribution in [2.45, 2.75) is 13.8 Å². The molecule has 29 heavy (non-hydrogen) atoms. The van der Waals surface area contributed by atoms with E-state index < -0.39 is 11.7 Å². The molecule has 0 bridgehead atoms. The number of aryl methyl sites for hydroxylation is 1. The normalized spacial score (nSPS) is 11.1. The molecule has 0 saturated heterocycles. The summed E-state index contributed by atoms with van der Waals surface area (Å²) in [5.74, 6) is -0.462. The average molecular weight is 389 g/mol. The molecule has 3 aromatic rings. The molecule has 0 aliphatic rings. The summed E-state index contributed by atoms with van der Waals surface area (Å²) >= 11 is 0. The fraction of sp³-hybridized carbons (Fsp3) is 0.130. The van der Waals surface area contributed by atoms with Crippen molar-refractivity contribution in [2.75, 3.05) is 12.4 Å². The molecule has 0 unspecified atom stereocenters. The van der Waals surface area contributed by atoms with Crippen LogP contribution in [-0.2, 0) is 4.79 Å². The number of hydrogen-bond donors (Lipinski definition) is 1. The van der Waals surface area contributed by atoms with E-state index in [9.17, 15) is 14.4 Å². The number of halogens is 1.